The number of halogens is 1. The summed E-state index contributed by atoms with van der Waals surface area (Å²) in [5, 5.41) is 15.9. The summed E-state index contributed by atoms with van der Waals surface area (Å²) in [4.78, 5) is 4.29. The summed E-state index contributed by atoms with van der Waals surface area (Å²) in [6.45, 7) is 1.62. The van der Waals surface area contributed by atoms with Crippen LogP contribution in [-0.2, 0) is 19.5 Å². The number of aromatic nitrogens is 6. The number of fused-ring (bicyclic) bond motifs is 2. The first-order chi connectivity index (χ1) is 9.83. The maximum atomic E-state index is 4.29. The summed E-state index contributed by atoms with van der Waals surface area (Å²) < 4.78 is 4.88. The molecule has 0 spiro atoms. The van der Waals surface area contributed by atoms with E-state index in [9.17, 15) is 0 Å². The summed E-state index contributed by atoms with van der Waals surface area (Å²) in [5.41, 5.74) is 0.931. The zero-order valence-corrected chi connectivity index (χ0v) is 12.2. The van der Waals surface area contributed by atoms with Crippen LogP contribution >= 0.6 is 15.9 Å². The van der Waals surface area contributed by atoms with E-state index in [-0.39, 0.29) is 0 Å². The zero-order chi connectivity index (χ0) is 13.5. The van der Waals surface area contributed by atoms with Gasteiger partial charge in [0.15, 0.2) is 11.6 Å². The van der Waals surface area contributed by atoms with Crippen molar-refractivity contribution < 1.29 is 0 Å². The SMILES string of the molecule is Brc1ccc2c(NCc3nnc4n3CCC4)ncnn12. The molecule has 102 valence electrons. The van der Waals surface area contributed by atoms with Gasteiger partial charge in [-0.15, -0.1) is 10.2 Å². The smallest absolute Gasteiger partial charge is 0.154 e. The Morgan fingerprint density at radius 2 is 2.25 bits per heavy atom. The predicted molar refractivity (Wildman–Crippen MR) is 76.4 cm³/mol. The normalized spacial score (nSPS) is 13.8. The number of hydrogen-bond acceptors (Lipinski definition) is 5. The van der Waals surface area contributed by atoms with Crippen LogP contribution in [0.1, 0.15) is 18.1 Å². The number of nitrogens with one attached hydrogen (secondary N) is 1. The molecule has 0 atom stereocenters. The van der Waals surface area contributed by atoms with Crippen molar-refractivity contribution in [3.63, 3.8) is 0 Å². The topological polar surface area (TPSA) is 72.9 Å². The molecule has 0 aromatic carbocycles. The van der Waals surface area contributed by atoms with E-state index in [0.717, 1.165) is 47.0 Å². The van der Waals surface area contributed by atoms with Crippen LogP contribution in [0.15, 0.2) is 23.1 Å². The van der Waals surface area contributed by atoms with E-state index in [1.165, 1.54) is 6.33 Å². The third-order valence-electron chi connectivity index (χ3n) is 3.51. The average molecular weight is 334 g/mol. The molecule has 4 rings (SSSR count). The van der Waals surface area contributed by atoms with Crippen LogP contribution in [-0.4, -0.2) is 29.4 Å². The molecule has 0 fully saturated rings. The van der Waals surface area contributed by atoms with E-state index in [1.54, 1.807) is 4.52 Å². The molecule has 8 heteroatoms. The van der Waals surface area contributed by atoms with Crippen LogP contribution in [0.2, 0.25) is 0 Å². The van der Waals surface area contributed by atoms with Gasteiger partial charge >= 0.3 is 0 Å². The van der Waals surface area contributed by atoms with Gasteiger partial charge in [0.05, 0.1) is 6.54 Å². The molecular weight excluding hydrogens is 322 g/mol. The number of anilines is 1. The monoisotopic (exact) mass is 333 g/mol. The first-order valence-electron chi connectivity index (χ1n) is 6.46. The molecule has 0 radical (unpaired) electrons. The minimum absolute atomic E-state index is 0.614. The lowest BCUT2D eigenvalue weighted by atomic mass is 10.4. The highest BCUT2D eigenvalue weighted by Gasteiger charge is 2.17. The lowest BCUT2D eigenvalue weighted by Crippen LogP contribution is -2.09. The quantitative estimate of drug-likeness (QED) is 0.788. The average Bonchev–Trinajstić information content (AvgIpc) is 3.13. The third kappa shape index (κ3) is 1.79. The molecule has 1 N–H and O–H groups in total. The molecule has 3 aromatic heterocycles. The zero-order valence-electron chi connectivity index (χ0n) is 10.6. The molecule has 0 saturated heterocycles. The van der Waals surface area contributed by atoms with Gasteiger partial charge in [-0.25, -0.2) is 9.50 Å². The second-order valence-electron chi connectivity index (χ2n) is 4.70. The maximum absolute atomic E-state index is 4.29. The van der Waals surface area contributed by atoms with Crippen molar-refractivity contribution in [3.8, 4) is 0 Å². The lowest BCUT2D eigenvalue weighted by molar-refractivity contribution is 0.695. The van der Waals surface area contributed by atoms with Gasteiger partial charge in [-0.05, 0) is 34.5 Å². The van der Waals surface area contributed by atoms with E-state index < -0.39 is 0 Å². The molecule has 0 bridgehead atoms. The molecule has 3 aromatic rings. The summed E-state index contributed by atoms with van der Waals surface area (Å²) >= 11 is 3.45. The number of hydrogen-bond donors (Lipinski definition) is 1. The Morgan fingerprint density at radius 1 is 1.30 bits per heavy atom. The Morgan fingerprint density at radius 3 is 3.20 bits per heavy atom. The fourth-order valence-corrected chi connectivity index (χ4v) is 2.96. The Hall–Kier alpha value is -1.96. The van der Waals surface area contributed by atoms with E-state index >= 15 is 0 Å². The van der Waals surface area contributed by atoms with Crippen molar-refractivity contribution in [2.75, 3.05) is 5.32 Å². The van der Waals surface area contributed by atoms with Crippen molar-refractivity contribution in [1.29, 1.82) is 0 Å². The van der Waals surface area contributed by atoms with E-state index in [4.69, 9.17) is 0 Å². The fourth-order valence-electron chi connectivity index (χ4n) is 2.54. The molecule has 0 aliphatic carbocycles. The molecular formula is C12H12BrN7. The van der Waals surface area contributed by atoms with Gasteiger partial charge in [0.1, 0.15) is 22.3 Å². The molecule has 4 heterocycles. The number of rotatable bonds is 3. The molecule has 1 aliphatic rings. The Kier molecular flexibility index (Phi) is 2.69. The van der Waals surface area contributed by atoms with Gasteiger partial charge in [0.2, 0.25) is 0 Å². The highest BCUT2D eigenvalue weighted by molar-refractivity contribution is 9.10. The summed E-state index contributed by atoms with van der Waals surface area (Å²) in [6, 6.07) is 3.92. The highest BCUT2D eigenvalue weighted by atomic mass is 79.9. The largest absolute Gasteiger partial charge is 0.361 e. The Balaban J connectivity index is 1.62. The van der Waals surface area contributed by atoms with Crippen LogP contribution in [0.4, 0.5) is 5.82 Å². The van der Waals surface area contributed by atoms with Crippen LogP contribution in [0.3, 0.4) is 0 Å². The maximum Gasteiger partial charge on any atom is 0.154 e. The van der Waals surface area contributed by atoms with E-state index in [0.29, 0.717) is 6.54 Å². The number of nitrogens with zero attached hydrogens (tertiary/aromatic N) is 6. The second-order valence-corrected chi connectivity index (χ2v) is 5.52. The predicted octanol–water partition coefficient (Wildman–Crippen LogP) is 1.64. The third-order valence-corrected chi connectivity index (χ3v) is 4.11. The lowest BCUT2D eigenvalue weighted by Gasteiger charge is -2.07. The van der Waals surface area contributed by atoms with Crippen LogP contribution in [0.5, 0.6) is 0 Å². The minimum atomic E-state index is 0.614. The minimum Gasteiger partial charge on any atom is -0.361 e. The van der Waals surface area contributed by atoms with Crippen molar-refractivity contribution in [3.05, 3.63) is 34.7 Å². The van der Waals surface area contributed by atoms with Gasteiger partial charge in [0.25, 0.3) is 0 Å². The number of aryl methyl sites for hydroxylation is 1. The molecule has 0 saturated carbocycles. The van der Waals surface area contributed by atoms with Crippen LogP contribution in [0, 0.1) is 0 Å². The van der Waals surface area contributed by atoms with Crippen LogP contribution < -0.4 is 5.32 Å². The highest BCUT2D eigenvalue weighted by Crippen LogP contribution is 2.20. The van der Waals surface area contributed by atoms with Crippen LogP contribution in [0.25, 0.3) is 5.52 Å². The first kappa shape index (κ1) is 11.8. The Labute approximate surface area is 123 Å². The van der Waals surface area contributed by atoms with Gasteiger partial charge < -0.3 is 9.88 Å². The molecule has 0 amide bonds. The van der Waals surface area contributed by atoms with Gasteiger partial charge in [-0.2, -0.15) is 5.10 Å². The van der Waals surface area contributed by atoms with E-state index in [1.807, 2.05) is 12.1 Å². The summed E-state index contributed by atoms with van der Waals surface area (Å²) in [7, 11) is 0. The standard InChI is InChI=1S/C12H12BrN7/c13-9-4-3-8-12(15-7-16-20(8)9)14-6-11-18-17-10-2-1-5-19(10)11/h3-4,7H,1-2,5-6H2,(H,14,15,16). The molecule has 20 heavy (non-hydrogen) atoms. The molecule has 1 aliphatic heterocycles. The van der Waals surface area contributed by atoms with Crippen molar-refractivity contribution >= 4 is 27.3 Å². The first-order valence-corrected chi connectivity index (χ1v) is 7.25. The van der Waals surface area contributed by atoms with Gasteiger partial charge in [0, 0.05) is 13.0 Å². The van der Waals surface area contributed by atoms with Gasteiger partial charge in [-0.1, -0.05) is 0 Å². The molecule has 0 unspecified atom stereocenters. The van der Waals surface area contributed by atoms with Crippen molar-refractivity contribution in [2.24, 2.45) is 0 Å². The molecule has 7 nitrogen and oxygen atoms in total. The summed E-state index contributed by atoms with van der Waals surface area (Å²) in [5.74, 6) is 2.83. The van der Waals surface area contributed by atoms with Gasteiger partial charge in [-0.3, -0.25) is 0 Å². The van der Waals surface area contributed by atoms with E-state index in [2.05, 4.69) is 46.1 Å². The Bertz CT molecular complexity index is 775. The summed E-state index contributed by atoms with van der Waals surface area (Å²) in [6.07, 6.45) is 3.71. The van der Waals surface area contributed by atoms with Crippen molar-refractivity contribution in [2.45, 2.75) is 25.9 Å². The second kappa shape index (κ2) is 4.55. The van der Waals surface area contributed by atoms with Crippen molar-refractivity contribution in [1.82, 2.24) is 29.4 Å². The fraction of sp³-hybridized carbons (Fsp3) is 0.333.